The minimum absolute atomic E-state index is 0. The molecule has 0 unspecified atom stereocenters. The van der Waals surface area contributed by atoms with E-state index < -0.39 is 0 Å². The summed E-state index contributed by atoms with van der Waals surface area (Å²) >= 11 is 0. The molecule has 0 rings (SSSR count). The average molecular weight is 86.9 g/mol. The lowest BCUT2D eigenvalue weighted by atomic mass is 10.8. The summed E-state index contributed by atoms with van der Waals surface area (Å²) in [6.45, 7) is 6.69. The highest BCUT2D eigenvalue weighted by molar-refractivity contribution is 7.55. The highest BCUT2D eigenvalue weighted by Crippen LogP contribution is 2.14. The first-order valence-corrected chi connectivity index (χ1v) is 4.02. The van der Waals surface area contributed by atoms with Crippen molar-refractivity contribution in [3.63, 3.8) is 0 Å². The monoisotopic (exact) mass is 87.1 g/mol. The maximum Gasteiger partial charge on any atom is 0 e. The maximum absolute atomic E-state index is 2.23. The van der Waals surface area contributed by atoms with Gasteiger partial charge in [-0.25, -0.2) is 0 Å². The van der Waals surface area contributed by atoms with Crippen LogP contribution in [0.1, 0.15) is 0 Å². The van der Waals surface area contributed by atoms with Crippen LogP contribution in [0.4, 0.5) is 0 Å². The van der Waals surface area contributed by atoms with Gasteiger partial charge in [-0.3, -0.25) is 0 Å². The van der Waals surface area contributed by atoms with Gasteiger partial charge in [-0.05, 0) is 20.0 Å². The van der Waals surface area contributed by atoms with Crippen molar-refractivity contribution in [2.45, 2.75) is 0 Å². The summed E-state index contributed by atoms with van der Waals surface area (Å²) in [7, 11) is 0.380. The Balaban J connectivity index is 0. The van der Waals surface area contributed by atoms with Crippen LogP contribution >= 0.6 is 7.92 Å². The summed E-state index contributed by atoms with van der Waals surface area (Å²) in [5.41, 5.74) is 0. The van der Waals surface area contributed by atoms with Crippen molar-refractivity contribution in [1.82, 2.24) is 0 Å². The van der Waals surface area contributed by atoms with Crippen LogP contribution in [0.2, 0.25) is 0 Å². The first-order chi connectivity index (χ1) is 1.73. The molecule has 3 radical (unpaired) electrons. The maximum atomic E-state index is 2.23. The molecule has 2 heteroatoms. The van der Waals surface area contributed by atoms with Gasteiger partial charge in [0.2, 0.25) is 0 Å². The van der Waals surface area contributed by atoms with Crippen molar-refractivity contribution in [2.75, 3.05) is 20.0 Å². The Hall–Kier alpha value is 0.495. The minimum Gasteiger partial charge on any atom is -0.116 e. The topological polar surface area (TPSA) is 0 Å². The molecule has 0 aliphatic rings. The third kappa shape index (κ3) is 114. The van der Waals surface area contributed by atoms with Gasteiger partial charge in [-0.1, -0.05) is 0 Å². The number of rotatable bonds is 0. The molecule has 0 atom stereocenters. The second-order valence-electron chi connectivity index (χ2n) is 1.34. The lowest BCUT2D eigenvalue weighted by Crippen LogP contribution is -1.48. The summed E-state index contributed by atoms with van der Waals surface area (Å²) in [6, 6.07) is 0. The van der Waals surface area contributed by atoms with Gasteiger partial charge in [0.1, 0.15) is 0 Å². The van der Waals surface area contributed by atoms with E-state index in [1.165, 1.54) is 0 Å². The fourth-order valence-corrected chi connectivity index (χ4v) is 0. The molecule has 0 saturated heterocycles. The Morgan fingerprint density at radius 2 is 1.00 bits per heavy atom. The van der Waals surface area contributed by atoms with Crippen LogP contribution in [0.25, 0.3) is 0 Å². The summed E-state index contributed by atoms with van der Waals surface area (Å²) < 4.78 is 0. The Bertz CT molecular complexity index is 11.6. The standard InChI is InChI=1S/C3H9P.B/c1-4(2)3;/h1-3H3;. The van der Waals surface area contributed by atoms with Gasteiger partial charge in [0.25, 0.3) is 0 Å². The zero-order chi connectivity index (χ0) is 3.58. The van der Waals surface area contributed by atoms with Crippen molar-refractivity contribution in [3.05, 3.63) is 0 Å². The van der Waals surface area contributed by atoms with Gasteiger partial charge in [-0.15, -0.1) is 7.92 Å². The summed E-state index contributed by atoms with van der Waals surface area (Å²) in [5.74, 6) is 0. The molecule has 0 aliphatic carbocycles. The fourth-order valence-electron chi connectivity index (χ4n) is 0. The fraction of sp³-hybridized carbons (Fsp3) is 1.00. The summed E-state index contributed by atoms with van der Waals surface area (Å²) in [4.78, 5) is 0. The Morgan fingerprint density at radius 1 is 1.00 bits per heavy atom. The van der Waals surface area contributed by atoms with Gasteiger partial charge in [0, 0.05) is 8.41 Å². The summed E-state index contributed by atoms with van der Waals surface area (Å²) in [6.07, 6.45) is 0. The largest absolute Gasteiger partial charge is 0.116 e. The molecular weight excluding hydrogens is 77.8 g/mol. The molecule has 0 N–H and O–H groups in total. The SMILES string of the molecule is CP(C)C.[B]. The molecule has 0 heterocycles. The smallest absolute Gasteiger partial charge is 0 e. The molecule has 0 amide bonds. The van der Waals surface area contributed by atoms with Gasteiger partial charge in [0.15, 0.2) is 0 Å². The van der Waals surface area contributed by atoms with Gasteiger partial charge >= 0.3 is 0 Å². The van der Waals surface area contributed by atoms with Crippen LogP contribution in [0.5, 0.6) is 0 Å². The molecule has 0 aromatic rings. The molecule has 5 heavy (non-hydrogen) atoms. The quantitative estimate of drug-likeness (QED) is 0.305. The van der Waals surface area contributed by atoms with Crippen molar-refractivity contribution in [3.8, 4) is 0 Å². The Morgan fingerprint density at radius 3 is 1.00 bits per heavy atom. The first-order valence-electron chi connectivity index (χ1n) is 1.34. The molecule has 0 fully saturated rings. The third-order valence-corrected chi connectivity index (χ3v) is 0. The highest BCUT2D eigenvalue weighted by Gasteiger charge is 1.65. The van der Waals surface area contributed by atoms with Crippen LogP contribution in [-0.2, 0) is 0 Å². The molecule has 0 aromatic carbocycles. The van der Waals surface area contributed by atoms with E-state index in [-0.39, 0.29) is 8.41 Å². The van der Waals surface area contributed by atoms with Crippen molar-refractivity contribution < 1.29 is 0 Å². The number of hydrogen-bond donors (Lipinski definition) is 0. The van der Waals surface area contributed by atoms with E-state index in [9.17, 15) is 0 Å². The molecule has 0 aliphatic heterocycles. The molecule has 0 spiro atoms. The number of hydrogen-bond acceptors (Lipinski definition) is 0. The predicted molar refractivity (Wildman–Crippen MR) is 30.4 cm³/mol. The average Bonchev–Trinajstić information content (AvgIpc) is 0.811. The van der Waals surface area contributed by atoms with E-state index in [1.807, 2.05) is 0 Å². The lowest BCUT2D eigenvalue weighted by molar-refractivity contribution is 2.13. The van der Waals surface area contributed by atoms with Crippen LogP contribution in [0.15, 0.2) is 0 Å². The third-order valence-electron chi connectivity index (χ3n) is 0. The zero-order valence-electron chi connectivity index (χ0n) is 4.02. The van der Waals surface area contributed by atoms with Crippen molar-refractivity contribution >= 4 is 16.3 Å². The normalized spacial score (nSPS) is 7.20. The van der Waals surface area contributed by atoms with Gasteiger partial charge in [0.05, 0.1) is 0 Å². The molecule has 0 aromatic heterocycles. The Labute approximate surface area is 37.3 Å². The molecule has 0 bridgehead atoms. The van der Waals surface area contributed by atoms with Crippen LogP contribution < -0.4 is 0 Å². The van der Waals surface area contributed by atoms with E-state index >= 15 is 0 Å². The van der Waals surface area contributed by atoms with Crippen molar-refractivity contribution in [1.29, 1.82) is 0 Å². The second kappa shape index (κ2) is 4.49. The van der Waals surface area contributed by atoms with Crippen LogP contribution in [0.3, 0.4) is 0 Å². The second-order valence-corrected chi connectivity index (χ2v) is 4.02. The van der Waals surface area contributed by atoms with E-state index in [0.717, 1.165) is 0 Å². The molecular formula is C3H9BP. The van der Waals surface area contributed by atoms with Crippen LogP contribution in [0, 0.1) is 0 Å². The van der Waals surface area contributed by atoms with E-state index in [4.69, 9.17) is 0 Å². The zero-order valence-corrected chi connectivity index (χ0v) is 4.92. The molecule has 29 valence electrons. The molecule has 0 nitrogen and oxygen atoms in total. The lowest BCUT2D eigenvalue weighted by Gasteiger charge is -1.81. The van der Waals surface area contributed by atoms with E-state index in [0.29, 0.717) is 7.92 Å². The minimum atomic E-state index is 0. The van der Waals surface area contributed by atoms with Gasteiger partial charge in [-0.2, -0.15) is 0 Å². The predicted octanol–water partition coefficient (Wildman–Crippen LogP) is 0.977. The van der Waals surface area contributed by atoms with Gasteiger partial charge < -0.3 is 0 Å². The first kappa shape index (κ1) is 9.09. The van der Waals surface area contributed by atoms with E-state index in [2.05, 4.69) is 20.0 Å². The molecule has 0 saturated carbocycles. The summed E-state index contributed by atoms with van der Waals surface area (Å²) in [5, 5.41) is 0. The van der Waals surface area contributed by atoms with E-state index in [1.54, 1.807) is 0 Å². The van der Waals surface area contributed by atoms with Crippen molar-refractivity contribution in [2.24, 2.45) is 0 Å². The van der Waals surface area contributed by atoms with Crippen LogP contribution in [-0.4, -0.2) is 28.4 Å². The Kier molecular flexibility index (Phi) is 8.17. The highest BCUT2D eigenvalue weighted by atomic mass is 31.1.